The van der Waals surface area contributed by atoms with E-state index < -0.39 is 5.41 Å². The SMILES string of the molecule is Cc1cc(Br)c(NC(=O)C2(C#N)CCOCC2)cc1Cl. The standard InChI is InChI=1S/C14H14BrClN2O2/c1-9-6-10(15)12(7-11(9)16)18-13(19)14(8-17)2-4-20-5-3-14/h6-7H,2-5H2,1H3,(H,18,19). The van der Waals surface area contributed by atoms with Gasteiger partial charge in [0.05, 0.1) is 11.8 Å². The van der Waals surface area contributed by atoms with Crippen molar-refractivity contribution in [2.45, 2.75) is 19.8 Å². The van der Waals surface area contributed by atoms with Crippen molar-refractivity contribution >= 4 is 39.1 Å². The number of hydrogen-bond acceptors (Lipinski definition) is 3. The molecular formula is C14H14BrClN2O2. The average Bonchev–Trinajstić information content (AvgIpc) is 2.45. The summed E-state index contributed by atoms with van der Waals surface area (Å²) in [5.41, 5.74) is 0.471. The zero-order valence-corrected chi connectivity index (χ0v) is 13.3. The highest BCUT2D eigenvalue weighted by molar-refractivity contribution is 9.10. The first-order valence-electron chi connectivity index (χ1n) is 6.24. The molecule has 1 N–H and O–H groups in total. The first-order chi connectivity index (χ1) is 9.48. The average molecular weight is 358 g/mol. The van der Waals surface area contributed by atoms with E-state index in [1.807, 2.05) is 13.0 Å². The molecule has 1 aliphatic rings. The van der Waals surface area contributed by atoms with Crippen molar-refractivity contribution in [1.29, 1.82) is 5.26 Å². The van der Waals surface area contributed by atoms with E-state index in [1.54, 1.807) is 6.07 Å². The Hall–Kier alpha value is -1.09. The topological polar surface area (TPSA) is 62.1 Å². The number of carbonyl (C=O) groups excluding carboxylic acids is 1. The van der Waals surface area contributed by atoms with Crippen LogP contribution in [0.1, 0.15) is 18.4 Å². The van der Waals surface area contributed by atoms with E-state index in [0.29, 0.717) is 36.8 Å². The van der Waals surface area contributed by atoms with Crippen LogP contribution in [-0.4, -0.2) is 19.1 Å². The summed E-state index contributed by atoms with van der Waals surface area (Å²) >= 11 is 9.46. The van der Waals surface area contributed by atoms with Crippen LogP contribution >= 0.6 is 27.5 Å². The third-order valence-corrected chi connectivity index (χ3v) is 4.55. The molecule has 1 fully saturated rings. The quantitative estimate of drug-likeness (QED) is 0.878. The maximum Gasteiger partial charge on any atom is 0.245 e. The second-order valence-corrected chi connectivity index (χ2v) is 6.10. The Morgan fingerprint density at radius 2 is 2.15 bits per heavy atom. The van der Waals surface area contributed by atoms with E-state index in [4.69, 9.17) is 16.3 Å². The van der Waals surface area contributed by atoms with Gasteiger partial charge in [0.15, 0.2) is 0 Å². The third-order valence-electron chi connectivity index (χ3n) is 3.49. The Balaban J connectivity index is 2.23. The number of anilines is 1. The van der Waals surface area contributed by atoms with Gasteiger partial charge in [0.1, 0.15) is 5.41 Å². The smallest absolute Gasteiger partial charge is 0.245 e. The molecule has 106 valence electrons. The molecule has 1 aromatic rings. The number of rotatable bonds is 2. The number of benzene rings is 1. The van der Waals surface area contributed by atoms with Crippen LogP contribution in [0.4, 0.5) is 5.69 Å². The molecule has 1 heterocycles. The first kappa shape index (κ1) is 15.3. The van der Waals surface area contributed by atoms with Crippen molar-refractivity contribution in [3.05, 3.63) is 27.2 Å². The van der Waals surface area contributed by atoms with Gasteiger partial charge in [-0.25, -0.2) is 0 Å². The van der Waals surface area contributed by atoms with Crippen molar-refractivity contribution < 1.29 is 9.53 Å². The molecule has 0 spiro atoms. The molecule has 0 atom stereocenters. The van der Waals surface area contributed by atoms with Gasteiger partial charge in [0.2, 0.25) is 5.91 Å². The van der Waals surface area contributed by atoms with E-state index in [9.17, 15) is 10.1 Å². The Kier molecular flexibility index (Phi) is 4.69. The van der Waals surface area contributed by atoms with E-state index in [-0.39, 0.29) is 5.91 Å². The number of nitrogens with zero attached hydrogens (tertiary/aromatic N) is 1. The second kappa shape index (κ2) is 6.13. The van der Waals surface area contributed by atoms with Gasteiger partial charge >= 0.3 is 0 Å². The molecule has 0 saturated carbocycles. The Morgan fingerprint density at radius 1 is 1.50 bits per heavy atom. The fraction of sp³-hybridized carbons (Fsp3) is 0.429. The highest BCUT2D eigenvalue weighted by Crippen LogP contribution is 2.34. The summed E-state index contributed by atoms with van der Waals surface area (Å²) in [5, 5.41) is 12.7. The van der Waals surface area contributed by atoms with Crippen LogP contribution < -0.4 is 5.32 Å². The minimum atomic E-state index is -1.02. The molecule has 1 aromatic carbocycles. The first-order valence-corrected chi connectivity index (χ1v) is 7.42. The molecule has 1 aliphatic heterocycles. The summed E-state index contributed by atoms with van der Waals surface area (Å²) in [6.45, 7) is 2.74. The number of ether oxygens (including phenoxy) is 1. The monoisotopic (exact) mass is 356 g/mol. The summed E-state index contributed by atoms with van der Waals surface area (Å²) in [6, 6.07) is 5.66. The predicted octanol–water partition coefficient (Wildman–Crippen LogP) is 3.67. The van der Waals surface area contributed by atoms with E-state index in [1.165, 1.54) is 0 Å². The van der Waals surface area contributed by atoms with Crippen LogP contribution in [0.15, 0.2) is 16.6 Å². The molecule has 0 bridgehead atoms. The number of nitriles is 1. The van der Waals surface area contributed by atoms with Gasteiger partial charge in [0.25, 0.3) is 0 Å². The van der Waals surface area contributed by atoms with Crippen LogP contribution in [0.5, 0.6) is 0 Å². The normalized spacial score (nSPS) is 17.3. The molecule has 0 unspecified atom stereocenters. The maximum absolute atomic E-state index is 12.4. The fourth-order valence-electron chi connectivity index (χ4n) is 2.09. The lowest BCUT2D eigenvalue weighted by atomic mass is 9.81. The van der Waals surface area contributed by atoms with Crippen molar-refractivity contribution in [1.82, 2.24) is 0 Å². The summed E-state index contributed by atoms with van der Waals surface area (Å²) in [5.74, 6) is -0.302. The molecule has 1 saturated heterocycles. The summed E-state index contributed by atoms with van der Waals surface area (Å²) < 4.78 is 5.97. The molecule has 2 rings (SSSR count). The minimum Gasteiger partial charge on any atom is -0.381 e. The second-order valence-electron chi connectivity index (χ2n) is 4.84. The molecule has 0 aromatic heterocycles. The van der Waals surface area contributed by atoms with Crippen molar-refractivity contribution in [2.75, 3.05) is 18.5 Å². The molecule has 1 amide bonds. The zero-order chi connectivity index (χ0) is 14.8. The van der Waals surface area contributed by atoms with Gasteiger partial charge in [-0.1, -0.05) is 11.6 Å². The van der Waals surface area contributed by atoms with E-state index in [0.717, 1.165) is 10.0 Å². The Bertz CT molecular complexity index is 577. The van der Waals surface area contributed by atoms with Gasteiger partial charge in [-0.05, 0) is 53.4 Å². The molecule has 0 aliphatic carbocycles. The maximum atomic E-state index is 12.4. The van der Waals surface area contributed by atoms with Gasteiger partial charge in [-0.3, -0.25) is 4.79 Å². The van der Waals surface area contributed by atoms with Crippen LogP contribution in [0.25, 0.3) is 0 Å². The van der Waals surface area contributed by atoms with E-state index in [2.05, 4.69) is 27.3 Å². The zero-order valence-electron chi connectivity index (χ0n) is 11.0. The lowest BCUT2D eigenvalue weighted by molar-refractivity contribution is -0.126. The number of aryl methyl sites for hydroxylation is 1. The van der Waals surface area contributed by atoms with Crippen LogP contribution in [0.2, 0.25) is 5.02 Å². The Morgan fingerprint density at radius 3 is 2.75 bits per heavy atom. The Labute approximate surface area is 131 Å². The summed E-state index contributed by atoms with van der Waals surface area (Å²) in [6.07, 6.45) is 0.819. The molecule has 0 radical (unpaired) electrons. The number of halogens is 2. The van der Waals surface area contributed by atoms with Gasteiger partial charge in [0, 0.05) is 22.7 Å². The largest absolute Gasteiger partial charge is 0.381 e. The third kappa shape index (κ3) is 2.98. The highest BCUT2D eigenvalue weighted by atomic mass is 79.9. The van der Waals surface area contributed by atoms with Crippen molar-refractivity contribution in [2.24, 2.45) is 5.41 Å². The number of carbonyl (C=O) groups is 1. The van der Waals surface area contributed by atoms with Crippen molar-refractivity contribution in [3.63, 3.8) is 0 Å². The number of amides is 1. The fourth-order valence-corrected chi connectivity index (χ4v) is 2.81. The lowest BCUT2D eigenvalue weighted by Crippen LogP contribution is -2.40. The number of nitrogens with one attached hydrogen (secondary N) is 1. The number of hydrogen-bond donors (Lipinski definition) is 1. The molecule has 4 nitrogen and oxygen atoms in total. The predicted molar refractivity (Wildman–Crippen MR) is 80.6 cm³/mol. The van der Waals surface area contributed by atoms with E-state index >= 15 is 0 Å². The summed E-state index contributed by atoms with van der Waals surface area (Å²) in [7, 11) is 0. The molecule has 20 heavy (non-hydrogen) atoms. The van der Waals surface area contributed by atoms with Crippen LogP contribution in [0.3, 0.4) is 0 Å². The lowest BCUT2D eigenvalue weighted by Gasteiger charge is -2.29. The van der Waals surface area contributed by atoms with Crippen molar-refractivity contribution in [3.8, 4) is 6.07 Å². The minimum absolute atomic E-state index is 0.302. The van der Waals surface area contributed by atoms with Gasteiger partial charge < -0.3 is 10.1 Å². The highest BCUT2D eigenvalue weighted by Gasteiger charge is 2.40. The van der Waals surface area contributed by atoms with Gasteiger partial charge in [-0.15, -0.1) is 0 Å². The molecule has 6 heteroatoms. The van der Waals surface area contributed by atoms with Crippen LogP contribution in [0, 0.1) is 23.7 Å². The molecular weight excluding hydrogens is 344 g/mol. The van der Waals surface area contributed by atoms with Crippen LogP contribution in [-0.2, 0) is 9.53 Å². The van der Waals surface area contributed by atoms with Gasteiger partial charge in [-0.2, -0.15) is 5.26 Å². The summed E-state index contributed by atoms with van der Waals surface area (Å²) in [4.78, 5) is 12.4.